The molecule has 13 heteroatoms. The zero-order valence-corrected chi connectivity index (χ0v) is 34.3. The van der Waals surface area contributed by atoms with Gasteiger partial charge >= 0.3 is 0 Å². The van der Waals surface area contributed by atoms with Gasteiger partial charge in [0.05, 0.1) is 31.0 Å². The van der Waals surface area contributed by atoms with E-state index in [0.717, 1.165) is 38.5 Å². The first-order valence-electron chi connectivity index (χ1n) is 20.9. The van der Waals surface area contributed by atoms with Crippen molar-refractivity contribution in [1.82, 2.24) is 0 Å². The molecule has 0 radical (unpaired) electrons. The van der Waals surface area contributed by atoms with E-state index in [1.165, 1.54) is 5.57 Å². The maximum Gasteiger partial charge on any atom is 0.187 e. The number of hydrogen-bond acceptors (Lipinski definition) is 13. The molecule has 318 valence electrons. The number of aliphatic hydroxyl groups is 9. The van der Waals surface area contributed by atoms with E-state index in [-0.39, 0.29) is 39.9 Å². The Hall–Kier alpha value is -0.780. The first-order valence-corrected chi connectivity index (χ1v) is 20.9. The minimum absolute atomic E-state index is 0.00798. The van der Waals surface area contributed by atoms with E-state index in [1.807, 2.05) is 6.92 Å². The van der Waals surface area contributed by atoms with Crippen molar-refractivity contribution in [2.45, 2.75) is 192 Å². The minimum atomic E-state index is -1.75. The van der Waals surface area contributed by atoms with Gasteiger partial charge in [-0.3, -0.25) is 0 Å². The average Bonchev–Trinajstić information content (AvgIpc) is 3.50. The van der Waals surface area contributed by atoms with Crippen molar-refractivity contribution in [2.24, 2.45) is 45.3 Å². The van der Waals surface area contributed by atoms with E-state index >= 15 is 0 Å². The molecule has 55 heavy (non-hydrogen) atoms. The molecular weight excluding hydrogens is 712 g/mol. The summed E-state index contributed by atoms with van der Waals surface area (Å²) in [5.41, 5.74) is -0.405. The lowest BCUT2D eigenvalue weighted by molar-refractivity contribution is -0.378. The molecule has 2 saturated heterocycles. The van der Waals surface area contributed by atoms with Crippen molar-refractivity contribution in [2.75, 3.05) is 13.2 Å². The summed E-state index contributed by atoms with van der Waals surface area (Å²) in [6, 6.07) is 0. The number of fused-ring (bicyclic) bond motifs is 5. The predicted molar refractivity (Wildman–Crippen MR) is 201 cm³/mol. The van der Waals surface area contributed by atoms with Crippen LogP contribution in [0.3, 0.4) is 0 Å². The number of ether oxygens (including phenoxy) is 4. The third-order valence-electron chi connectivity index (χ3n) is 16.6. The molecule has 9 N–H and O–H groups in total. The Bertz CT molecular complexity index is 1370. The molecule has 6 fully saturated rings. The van der Waals surface area contributed by atoms with Crippen LogP contribution in [0.15, 0.2) is 11.6 Å². The lowest BCUT2D eigenvalue weighted by Gasteiger charge is -2.70. The zero-order valence-electron chi connectivity index (χ0n) is 34.3. The lowest BCUT2D eigenvalue weighted by atomic mass is 9.35. The van der Waals surface area contributed by atoms with Gasteiger partial charge in [-0.2, -0.15) is 0 Å². The molecule has 6 aliphatic rings. The lowest BCUT2D eigenvalue weighted by Crippen LogP contribution is -2.68. The first-order chi connectivity index (χ1) is 25.6. The van der Waals surface area contributed by atoms with Crippen LogP contribution >= 0.6 is 0 Å². The van der Waals surface area contributed by atoms with Crippen LogP contribution < -0.4 is 0 Å². The van der Waals surface area contributed by atoms with Gasteiger partial charge in [0.2, 0.25) is 0 Å². The number of rotatable bonds is 10. The Labute approximate surface area is 327 Å². The molecule has 0 aromatic carbocycles. The molecule has 20 atom stereocenters. The van der Waals surface area contributed by atoms with Crippen molar-refractivity contribution < 1.29 is 64.9 Å². The Morgan fingerprint density at radius 2 is 1.33 bits per heavy atom. The van der Waals surface area contributed by atoms with Crippen molar-refractivity contribution in [1.29, 1.82) is 0 Å². The van der Waals surface area contributed by atoms with E-state index in [1.54, 1.807) is 0 Å². The zero-order chi connectivity index (χ0) is 40.6. The monoisotopic (exact) mass is 784 g/mol. The number of hydrogen-bond donors (Lipinski definition) is 9. The fourth-order valence-electron chi connectivity index (χ4n) is 13.3. The van der Waals surface area contributed by atoms with Crippen LogP contribution in [0.1, 0.15) is 113 Å². The average molecular weight is 785 g/mol. The van der Waals surface area contributed by atoms with Gasteiger partial charge < -0.3 is 64.9 Å². The molecule has 0 aromatic heterocycles. The van der Waals surface area contributed by atoms with Gasteiger partial charge in [0.1, 0.15) is 48.8 Å². The third-order valence-corrected chi connectivity index (χ3v) is 16.6. The van der Waals surface area contributed by atoms with Crippen LogP contribution in [0.5, 0.6) is 0 Å². The summed E-state index contributed by atoms with van der Waals surface area (Å²) in [7, 11) is 0. The molecule has 1 unspecified atom stereocenters. The number of aliphatic hydroxyl groups excluding tert-OH is 8. The van der Waals surface area contributed by atoms with Gasteiger partial charge in [-0.25, -0.2) is 0 Å². The summed E-state index contributed by atoms with van der Waals surface area (Å²) in [6.45, 7) is 16.5. The molecule has 0 aromatic rings. The van der Waals surface area contributed by atoms with Crippen LogP contribution in [0, 0.1) is 45.3 Å². The van der Waals surface area contributed by atoms with Crippen LogP contribution in [0.25, 0.3) is 0 Å². The summed E-state index contributed by atoms with van der Waals surface area (Å²) in [4.78, 5) is 0. The van der Waals surface area contributed by atoms with Crippen LogP contribution in [-0.2, 0) is 18.9 Å². The second-order valence-electron chi connectivity index (χ2n) is 20.1. The van der Waals surface area contributed by atoms with Crippen molar-refractivity contribution in [3.63, 3.8) is 0 Å². The topological polar surface area (TPSA) is 219 Å². The predicted octanol–water partition coefficient (Wildman–Crippen LogP) is 2.15. The summed E-state index contributed by atoms with van der Waals surface area (Å²) >= 11 is 0. The largest absolute Gasteiger partial charge is 0.394 e. The smallest absolute Gasteiger partial charge is 0.187 e. The summed E-state index contributed by atoms with van der Waals surface area (Å²) in [6.07, 6.45) is -6.48. The summed E-state index contributed by atoms with van der Waals surface area (Å²) in [5.74, 6) is 0.445. The quantitative estimate of drug-likeness (QED) is 0.115. The molecule has 4 saturated carbocycles. The van der Waals surface area contributed by atoms with Crippen LogP contribution in [0.4, 0.5) is 0 Å². The van der Waals surface area contributed by atoms with Gasteiger partial charge in [0.25, 0.3) is 0 Å². The Morgan fingerprint density at radius 3 is 1.95 bits per heavy atom. The highest BCUT2D eigenvalue weighted by Gasteiger charge is 2.71. The van der Waals surface area contributed by atoms with E-state index in [0.29, 0.717) is 19.3 Å². The Morgan fingerprint density at radius 1 is 0.727 bits per heavy atom. The van der Waals surface area contributed by atoms with Gasteiger partial charge in [-0.1, -0.05) is 46.3 Å². The first kappa shape index (κ1) is 43.8. The highest BCUT2D eigenvalue weighted by atomic mass is 16.8. The minimum Gasteiger partial charge on any atom is -0.394 e. The Kier molecular flexibility index (Phi) is 12.5. The van der Waals surface area contributed by atoms with E-state index in [4.69, 9.17) is 18.9 Å². The molecule has 4 aliphatic carbocycles. The van der Waals surface area contributed by atoms with E-state index in [9.17, 15) is 46.0 Å². The molecule has 0 spiro atoms. The van der Waals surface area contributed by atoms with E-state index < -0.39 is 97.8 Å². The maximum absolute atomic E-state index is 12.2. The van der Waals surface area contributed by atoms with Crippen LogP contribution in [-0.4, -0.2) is 138 Å². The van der Waals surface area contributed by atoms with Crippen molar-refractivity contribution >= 4 is 0 Å². The van der Waals surface area contributed by atoms with Gasteiger partial charge in [-0.15, -0.1) is 0 Å². The van der Waals surface area contributed by atoms with Gasteiger partial charge in [0.15, 0.2) is 12.6 Å². The molecule has 2 heterocycles. The normalized spacial score (nSPS) is 52.0. The van der Waals surface area contributed by atoms with Gasteiger partial charge in [0, 0.05) is 0 Å². The molecule has 6 rings (SSSR count). The molecular formula is C42H72O13. The maximum atomic E-state index is 12.2. The van der Waals surface area contributed by atoms with Gasteiger partial charge in [-0.05, 0) is 124 Å². The second kappa shape index (κ2) is 15.7. The Balaban J connectivity index is 1.23. The molecule has 0 bridgehead atoms. The molecule has 0 amide bonds. The SMILES string of the molecule is CC(C)=CCC[C@](C)(O)[C@H]1CC[C@]2(C)[C@H]1[C@H](O)C[C@@H]1[C@@]3(C)CC[C@H](O[C@@H]4O[C@H](CO)[C@@H](O)[C@H](O)[C@H]4O[C@H]4O[C@@H](CO)[C@H](O)[C@@H](O)[C@@H]4O)C(C)(C)C3CC[C@]12C. The molecule has 13 nitrogen and oxygen atoms in total. The summed E-state index contributed by atoms with van der Waals surface area (Å²) in [5, 5.41) is 97.4. The highest BCUT2D eigenvalue weighted by molar-refractivity contribution is 5.20. The highest BCUT2D eigenvalue weighted by Crippen LogP contribution is 2.76. The van der Waals surface area contributed by atoms with E-state index in [2.05, 4.69) is 54.5 Å². The number of allylic oxidation sites excluding steroid dienone is 2. The third kappa shape index (κ3) is 7.20. The van der Waals surface area contributed by atoms with Crippen molar-refractivity contribution in [3.8, 4) is 0 Å². The molecule has 2 aliphatic heterocycles. The van der Waals surface area contributed by atoms with Crippen LogP contribution in [0.2, 0.25) is 0 Å². The second-order valence-corrected chi connectivity index (χ2v) is 20.1. The standard InChI is InChI=1S/C42H72O13/c1-21(2)10-9-14-42(8,51)22-11-16-41(7)29(22)23(45)18-27-39(5)15-13-28(38(3,4)26(39)12-17-40(27,41)6)54-37-35(33(49)31(47)25(20-44)53-37)55-36-34(50)32(48)30(46)24(19-43)52-36/h10,22-37,43-51H,9,11-20H2,1-8H3/t22-,23+,24-,25+,26?,27+,28-,29+,30-,31+,32+,33-,34-,35+,36+,37-,39-,40+,41+,42-/m0/s1. The fraction of sp³-hybridized carbons (Fsp3) is 0.952. The van der Waals surface area contributed by atoms with Crippen molar-refractivity contribution in [3.05, 3.63) is 11.6 Å². The fourth-order valence-corrected chi connectivity index (χ4v) is 13.3. The summed E-state index contributed by atoms with van der Waals surface area (Å²) < 4.78 is 24.4.